The fourth-order valence-corrected chi connectivity index (χ4v) is 3.35. The molecule has 3 nitrogen and oxygen atoms in total. The lowest BCUT2D eigenvalue weighted by atomic mass is 10.1. The van der Waals surface area contributed by atoms with Gasteiger partial charge in [-0.2, -0.15) is 11.8 Å². The second kappa shape index (κ2) is 5.75. The highest BCUT2D eigenvalue weighted by Gasteiger charge is 2.28. The summed E-state index contributed by atoms with van der Waals surface area (Å²) in [5, 5.41) is 1.07. The summed E-state index contributed by atoms with van der Waals surface area (Å²) >= 11 is 1.95. The molecule has 0 spiro atoms. The quantitative estimate of drug-likeness (QED) is 0.798. The van der Waals surface area contributed by atoms with Crippen molar-refractivity contribution in [2.45, 2.75) is 50.2 Å². The first-order valence-electron chi connectivity index (χ1n) is 5.74. The number of rotatable bonds is 3. The highest BCUT2D eigenvalue weighted by atomic mass is 32.2. The molecule has 1 amide bonds. The normalized spacial score (nSPS) is 28.9. The largest absolute Gasteiger partial charge is 0.339 e. The number of hydrogen-bond acceptors (Lipinski definition) is 3. The summed E-state index contributed by atoms with van der Waals surface area (Å²) in [5.74, 6) is 0.135. The minimum absolute atomic E-state index is 0.135. The van der Waals surface area contributed by atoms with Gasteiger partial charge in [0.2, 0.25) is 5.91 Å². The SMILES string of the molecule is CCCC(N)C(=O)N1CC(C)SC(C)C1. The van der Waals surface area contributed by atoms with Crippen molar-refractivity contribution >= 4 is 17.7 Å². The number of thioether (sulfide) groups is 1. The second-order valence-corrected chi connectivity index (χ2v) is 6.28. The Morgan fingerprint density at radius 2 is 2.00 bits per heavy atom. The topological polar surface area (TPSA) is 46.3 Å². The van der Waals surface area contributed by atoms with E-state index in [-0.39, 0.29) is 11.9 Å². The van der Waals surface area contributed by atoms with Gasteiger partial charge < -0.3 is 10.6 Å². The van der Waals surface area contributed by atoms with Gasteiger partial charge in [0.15, 0.2) is 0 Å². The number of carbonyl (C=O) groups excluding carboxylic acids is 1. The Morgan fingerprint density at radius 3 is 2.47 bits per heavy atom. The maximum absolute atomic E-state index is 12.0. The van der Waals surface area contributed by atoms with Crippen molar-refractivity contribution < 1.29 is 4.79 Å². The third-order valence-corrected chi connectivity index (χ3v) is 3.88. The molecule has 3 atom stereocenters. The average Bonchev–Trinajstić information content (AvgIpc) is 2.15. The van der Waals surface area contributed by atoms with Crippen LogP contribution >= 0.6 is 11.8 Å². The smallest absolute Gasteiger partial charge is 0.239 e. The molecule has 3 unspecified atom stereocenters. The van der Waals surface area contributed by atoms with Gasteiger partial charge >= 0.3 is 0 Å². The van der Waals surface area contributed by atoms with Gasteiger partial charge in [0, 0.05) is 23.6 Å². The molecule has 88 valence electrons. The first-order valence-corrected chi connectivity index (χ1v) is 6.68. The number of nitrogens with two attached hydrogens (primary N) is 1. The van der Waals surface area contributed by atoms with E-state index in [2.05, 4.69) is 20.8 Å². The summed E-state index contributed by atoms with van der Waals surface area (Å²) in [7, 11) is 0. The van der Waals surface area contributed by atoms with Crippen molar-refractivity contribution in [1.29, 1.82) is 0 Å². The summed E-state index contributed by atoms with van der Waals surface area (Å²) in [5.41, 5.74) is 5.85. The zero-order valence-corrected chi connectivity index (χ0v) is 10.7. The van der Waals surface area contributed by atoms with Crippen molar-refractivity contribution in [2.75, 3.05) is 13.1 Å². The molecule has 1 aliphatic heterocycles. The van der Waals surface area contributed by atoms with Gasteiger partial charge in [-0.15, -0.1) is 0 Å². The van der Waals surface area contributed by atoms with Crippen molar-refractivity contribution in [1.82, 2.24) is 4.90 Å². The molecule has 0 saturated carbocycles. The van der Waals surface area contributed by atoms with Crippen molar-refractivity contribution in [3.63, 3.8) is 0 Å². The molecule has 0 aromatic rings. The van der Waals surface area contributed by atoms with Gasteiger partial charge in [-0.25, -0.2) is 0 Å². The minimum atomic E-state index is -0.294. The Morgan fingerprint density at radius 1 is 1.47 bits per heavy atom. The van der Waals surface area contributed by atoms with E-state index in [0.717, 1.165) is 25.9 Å². The average molecular weight is 230 g/mol. The summed E-state index contributed by atoms with van der Waals surface area (Å²) < 4.78 is 0. The Balaban J connectivity index is 2.51. The van der Waals surface area contributed by atoms with Gasteiger partial charge in [-0.3, -0.25) is 4.79 Å². The van der Waals surface area contributed by atoms with E-state index in [1.165, 1.54) is 0 Å². The van der Waals surface area contributed by atoms with Crippen molar-refractivity contribution in [3.8, 4) is 0 Å². The van der Waals surface area contributed by atoms with Crippen LogP contribution in [0.2, 0.25) is 0 Å². The molecule has 1 saturated heterocycles. The van der Waals surface area contributed by atoms with Crippen LogP contribution in [0.4, 0.5) is 0 Å². The molecule has 2 N–H and O–H groups in total. The van der Waals surface area contributed by atoms with E-state index in [9.17, 15) is 4.79 Å². The van der Waals surface area contributed by atoms with Gasteiger partial charge in [0.05, 0.1) is 6.04 Å². The molecule has 0 aromatic heterocycles. The highest BCUT2D eigenvalue weighted by molar-refractivity contribution is 8.00. The van der Waals surface area contributed by atoms with Crippen LogP contribution in [0.25, 0.3) is 0 Å². The fourth-order valence-electron chi connectivity index (χ4n) is 2.03. The van der Waals surface area contributed by atoms with Crippen molar-refractivity contribution in [3.05, 3.63) is 0 Å². The molecular formula is C11H22N2OS. The van der Waals surface area contributed by atoms with Crippen LogP contribution in [-0.2, 0) is 4.79 Å². The third kappa shape index (κ3) is 3.68. The lowest BCUT2D eigenvalue weighted by Gasteiger charge is -2.35. The first kappa shape index (κ1) is 12.8. The Bertz CT molecular complexity index is 213. The Kier molecular flexibility index (Phi) is 4.93. The predicted octanol–water partition coefficient (Wildman–Crippen LogP) is 1.47. The summed E-state index contributed by atoms with van der Waals surface area (Å²) in [4.78, 5) is 13.9. The molecule has 1 aliphatic rings. The van der Waals surface area contributed by atoms with Crippen molar-refractivity contribution in [2.24, 2.45) is 5.73 Å². The van der Waals surface area contributed by atoms with Crippen LogP contribution in [0.1, 0.15) is 33.6 Å². The van der Waals surface area contributed by atoms with Gasteiger partial charge in [-0.1, -0.05) is 27.2 Å². The molecule has 1 rings (SSSR count). The van der Waals surface area contributed by atoms with E-state index in [1.807, 2.05) is 16.7 Å². The minimum Gasteiger partial charge on any atom is -0.339 e. The van der Waals surface area contributed by atoms with Crippen LogP contribution in [-0.4, -0.2) is 40.4 Å². The number of amides is 1. The number of nitrogens with zero attached hydrogens (tertiary/aromatic N) is 1. The lowest BCUT2D eigenvalue weighted by molar-refractivity contribution is -0.132. The van der Waals surface area contributed by atoms with Crippen LogP contribution in [0.3, 0.4) is 0 Å². The maximum atomic E-state index is 12.0. The molecular weight excluding hydrogens is 208 g/mol. The Labute approximate surface area is 96.8 Å². The number of hydrogen-bond donors (Lipinski definition) is 1. The summed E-state index contributed by atoms with van der Waals surface area (Å²) in [6, 6.07) is -0.294. The van der Waals surface area contributed by atoms with Gasteiger partial charge in [0.1, 0.15) is 0 Å². The van der Waals surface area contributed by atoms with E-state index in [0.29, 0.717) is 10.5 Å². The third-order valence-electron chi connectivity index (χ3n) is 2.65. The lowest BCUT2D eigenvalue weighted by Crippen LogP contribution is -2.50. The van der Waals surface area contributed by atoms with E-state index >= 15 is 0 Å². The molecule has 0 aromatic carbocycles. The molecule has 0 aliphatic carbocycles. The first-order chi connectivity index (χ1) is 7.04. The highest BCUT2D eigenvalue weighted by Crippen LogP contribution is 2.25. The fraction of sp³-hybridized carbons (Fsp3) is 0.909. The summed E-state index contributed by atoms with van der Waals surface area (Å²) in [6.45, 7) is 8.11. The molecule has 1 heterocycles. The monoisotopic (exact) mass is 230 g/mol. The van der Waals surface area contributed by atoms with Crippen LogP contribution in [0, 0.1) is 0 Å². The van der Waals surface area contributed by atoms with Gasteiger partial charge in [0.25, 0.3) is 0 Å². The second-order valence-electron chi connectivity index (χ2n) is 4.40. The standard InChI is InChI=1S/C11H22N2OS/c1-4-5-10(12)11(14)13-6-8(2)15-9(3)7-13/h8-10H,4-7,12H2,1-3H3. The van der Waals surface area contributed by atoms with E-state index in [1.54, 1.807) is 0 Å². The number of carbonyl (C=O) groups is 1. The maximum Gasteiger partial charge on any atom is 0.239 e. The molecule has 0 bridgehead atoms. The zero-order chi connectivity index (χ0) is 11.4. The molecule has 0 radical (unpaired) electrons. The van der Waals surface area contributed by atoms with Crippen LogP contribution in [0.15, 0.2) is 0 Å². The van der Waals surface area contributed by atoms with E-state index < -0.39 is 0 Å². The van der Waals surface area contributed by atoms with E-state index in [4.69, 9.17) is 5.73 Å². The summed E-state index contributed by atoms with van der Waals surface area (Å²) in [6.07, 6.45) is 1.77. The molecule has 1 fully saturated rings. The van der Waals surface area contributed by atoms with Gasteiger partial charge in [-0.05, 0) is 6.42 Å². The van der Waals surface area contributed by atoms with Crippen LogP contribution < -0.4 is 5.73 Å². The predicted molar refractivity (Wildman–Crippen MR) is 66.0 cm³/mol. The Hall–Kier alpha value is -0.220. The van der Waals surface area contributed by atoms with Crippen LogP contribution in [0.5, 0.6) is 0 Å². The zero-order valence-electron chi connectivity index (χ0n) is 9.90. The molecule has 15 heavy (non-hydrogen) atoms. The molecule has 4 heteroatoms.